The number of carbonyl (C=O) groups excluding carboxylic acids is 2. The van der Waals surface area contributed by atoms with Crippen LogP contribution in [0.3, 0.4) is 0 Å². The predicted octanol–water partition coefficient (Wildman–Crippen LogP) is -0.223. The van der Waals surface area contributed by atoms with Crippen molar-refractivity contribution >= 4 is 21.8 Å². The third kappa shape index (κ3) is 6.81. The summed E-state index contributed by atoms with van der Waals surface area (Å²) in [6.45, 7) is 9.63. The van der Waals surface area contributed by atoms with Crippen molar-refractivity contribution in [1.82, 2.24) is 25.8 Å². The van der Waals surface area contributed by atoms with Crippen LogP contribution in [-0.2, 0) is 19.4 Å². The summed E-state index contributed by atoms with van der Waals surface area (Å²) >= 11 is 0. The molecule has 3 aliphatic rings. The topological polar surface area (TPSA) is 146 Å². The molecule has 0 spiro atoms. The fourth-order valence-electron chi connectivity index (χ4n) is 5.22. The summed E-state index contributed by atoms with van der Waals surface area (Å²) in [5, 5.41) is 9.79. The van der Waals surface area contributed by atoms with E-state index in [4.69, 9.17) is 10.5 Å². The fourth-order valence-corrected chi connectivity index (χ4v) is 6.63. The number of piperazine rings is 1. The lowest BCUT2D eigenvalue weighted by atomic mass is 9.93. The van der Waals surface area contributed by atoms with Crippen LogP contribution in [0, 0.1) is 5.92 Å². The normalized spacial score (nSPS) is 34.0. The number of sulfone groups is 1. The third-order valence-corrected chi connectivity index (χ3v) is 8.61. The van der Waals surface area contributed by atoms with E-state index in [1.807, 2.05) is 27.7 Å². The van der Waals surface area contributed by atoms with E-state index >= 15 is 0 Å². The predicted molar refractivity (Wildman–Crippen MR) is 129 cm³/mol. The molecule has 1 saturated carbocycles. The Labute approximate surface area is 203 Å². The standard InChI is InChI=1S/C22H42N6O5S/c1-14-13-27(21(30)33-22(2,3)4)10-11-28(14)20-24-12-15(18(23)29)19(26-20)25-16-8-6-7-9-17(16)34(5,31)32/h14-17,19-20,24-26H,6-13H2,1-5H3,(H2,23,29). The molecule has 3 fully saturated rings. The first-order chi connectivity index (χ1) is 15.8. The van der Waals surface area contributed by atoms with Crippen LogP contribution in [0.2, 0.25) is 0 Å². The Kier molecular flexibility index (Phi) is 8.50. The largest absolute Gasteiger partial charge is 0.444 e. The quantitative estimate of drug-likeness (QED) is 0.401. The molecular formula is C22H42N6O5S. The van der Waals surface area contributed by atoms with Crippen molar-refractivity contribution in [2.75, 3.05) is 32.4 Å². The van der Waals surface area contributed by atoms with Crippen LogP contribution in [0.25, 0.3) is 0 Å². The zero-order valence-corrected chi connectivity index (χ0v) is 21.9. The van der Waals surface area contributed by atoms with E-state index in [2.05, 4.69) is 20.9 Å². The van der Waals surface area contributed by atoms with Gasteiger partial charge in [-0.15, -0.1) is 0 Å². The van der Waals surface area contributed by atoms with E-state index in [0.29, 0.717) is 32.6 Å². The van der Waals surface area contributed by atoms with Crippen molar-refractivity contribution < 1.29 is 22.7 Å². The van der Waals surface area contributed by atoms with Gasteiger partial charge >= 0.3 is 6.09 Å². The first kappa shape index (κ1) is 27.1. The monoisotopic (exact) mass is 502 g/mol. The molecule has 2 heterocycles. The summed E-state index contributed by atoms with van der Waals surface area (Å²) in [6.07, 6.45) is 3.46. The van der Waals surface area contributed by atoms with E-state index in [9.17, 15) is 18.0 Å². The summed E-state index contributed by atoms with van der Waals surface area (Å²) in [6, 6.07) is -0.196. The van der Waals surface area contributed by atoms with Gasteiger partial charge in [0.05, 0.1) is 17.3 Å². The van der Waals surface area contributed by atoms with Crippen LogP contribution in [0.5, 0.6) is 0 Å². The van der Waals surface area contributed by atoms with Gasteiger partial charge < -0.3 is 15.4 Å². The molecule has 196 valence electrons. The number of hydrogen-bond acceptors (Lipinski definition) is 9. The fraction of sp³-hybridized carbons (Fsp3) is 0.909. The highest BCUT2D eigenvalue weighted by Crippen LogP contribution is 2.26. The Morgan fingerprint density at radius 2 is 1.82 bits per heavy atom. The van der Waals surface area contributed by atoms with Crippen molar-refractivity contribution in [1.29, 1.82) is 0 Å². The Bertz CT molecular complexity index is 847. The number of hydrogen-bond donors (Lipinski definition) is 4. The number of ether oxygens (including phenoxy) is 1. The van der Waals surface area contributed by atoms with Crippen LogP contribution in [-0.4, -0.2) is 98.0 Å². The first-order valence-electron chi connectivity index (χ1n) is 12.2. The maximum absolute atomic E-state index is 12.5. The van der Waals surface area contributed by atoms with E-state index in [1.54, 1.807) is 4.90 Å². The molecule has 2 aliphatic heterocycles. The van der Waals surface area contributed by atoms with Gasteiger partial charge in [0, 0.05) is 44.5 Å². The maximum Gasteiger partial charge on any atom is 0.410 e. The lowest BCUT2D eigenvalue weighted by Crippen LogP contribution is -2.74. The molecule has 0 radical (unpaired) electrons. The maximum atomic E-state index is 12.5. The smallest absolute Gasteiger partial charge is 0.410 e. The Morgan fingerprint density at radius 3 is 2.41 bits per heavy atom. The molecule has 2 amide bonds. The van der Waals surface area contributed by atoms with E-state index < -0.39 is 38.7 Å². The number of carbonyl (C=O) groups is 2. The van der Waals surface area contributed by atoms with E-state index in [0.717, 1.165) is 19.3 Å². The van der Waals surface area contributed by atoms with Crippen molar-refractivity contribution in [2.45, 2.75) is 88.8 Å². The van der Waals surface area contributed by atoms with E-state index in [1.165, 1.54) is 6.26 Å². The number of rotatable bonds is 5. The van der Waals surface area contributed by atoms with E-state index in [-0.39, 0.29) is 24.5 Å². The highest BCUT2D eigenvalue weighted by molar-refractivity contribution is 7.91. The van der Waals surface area contributed by atoms with Crippen LogP contribution in [0.1, 0.15) is 53.4 Å². The molecule has 6 atom stereocenters. The molecule has 2 saturated heterocycles. The summed E-state index contributed by atoms with van der Waals surface area (Å²) in [5.41, 5.74) is 5.14. The number of nitrogens with zero attached hydrogens (tertiary/aromatic N) is 2. The van der Waals surface area contributed by atoms with Crippen LogP contribution >= 0.6 is 0 Å². The number of nitrogens with two attached hydrogens (primary N) is 1. The Morgan fingerprint density at radius 1 is 1.15 bits per heavy atom. The molecule has 0 aromatic rings. The summed E-state index contributed by atoms with van der Waals surface area (Å²) in [5.74, 6) is -0.956. The second kappa shape index (κ2) is 10.7. The van der Waals surface area contributed by atoms with Gasteiger partial charge in [0.25, 0.3) is 0 Å². The second-order valence-electron chi connectivity index (χ2n) is 10.9. The third-order valence-electron chi connectivity index (χ3n) is 6.94. The Hall–Kier alpha value is -1.47. The average Bonchev–Trinajstić information content (AvgIpc) is 2.72. The zero-order valence-electron chi connectivity index (χ0n) is 21.0. The van der Waals surface area contributed by atoms with Gasteiger partial charge in [0.2, 0.25) is 5.91 Å². The SMILES string of the molecule is CC1CN(C(=O)OC(C)(C)C)CCN1C1NCC(C(N)=O)C(NC2CCCCC2S(C)(=O)=O)N1. The van der Waals surface area contributed by atoms with Gasteiger partial charge in [-0.25, -0.2) is 13.2 Å². The van der Waals surface area contributed by atoms with Gasteiger partial charge in [-0.3, -0.25) is 25.6 Å². The summed E-state index contributed by atoms with van der Waals surface area (Å²) < 4.78 is 30.2. The Balaban J connectivity index is 1.67. The van der Waals surface area contributed by atoms with Crippen LogP contribution in [0.4, 0.5) is 4.79 Å². The summed E-state index contributed by atoms with van der Waals surface area (Å²) in [4.78, 5) is 28.6. The van der Waals surface area contributed by atoms with Crippen molar-refractivity contribution in [3.8, 4) is 0 Å². The van der Waals surface area contributed by atoms with Gasteiger partial charge in [0.15, 0.2) is 9.84 Å². The highest BCUT2D eigenvalue weighted by Gasteiger charge is 2.42. The minimum atomic E-state index is -3.22. The lowest BCUT2D eigenvalue weighted by molar-refractivity contribution is -0.125. The molecule has 5 N–H and O–H groups in total. The zero-order chi connectivity index (χ0) is 25.3. The van der Waals surface area contributed by atoms with Crippen molar-refractivity contribution in [2.24, 2.45) is 11.7 Å². The molecule has 11 nitrogen and oxygen atoms in total. The molecule has 0 bridgehead atoms. The number of primary amides is 1. The lowest BCUT2D eigenvalue weighted by Gasteiger charge is -2.49. The minimum absolute atomic E-state index is 0.0375. The minimum Gasteiger partial charge on any atom is -0.444 e. The van der Waals surface area contributed by atoms with Crippen molar-refractivity contribution in [3.63, 3.8) is 0 Å². The number of nitrogens with one attached hydrogen (secondary N) is 3. The van der Waals surface area contributed by atoms with Gasteiger partial charge in [-0.1, -0.05) is 12.8 Å². The molecule has 12 heteroatoms. The molecular weight excluding hydrogens is 460 g/mol. The van der Waals surface area contributed by atoms with Gasteiger partial charge in [-0.05, 0) is 40.5 Å². The van der Waals surface area contributed by atoms with Crippen molar-refractivity contribution in [3.05, 3.63) is 0 Å². The molecule has 34 heavy (non-hydrogen) atoms. The first-order valence-corrected chi connectivity index (χ1v) is 14.2. The average molecular weight is 503 g/mol. The van der Waals surface area contributed by atoms with Crippen LogP contribution in [0.15, 0.2) is 0 Å². The molecule has 6 unspecified atom stereocenters. The molecule has 0 aromatic carbocycles. The summed E-state index contributed by atoms with van der Waals surface area (Å²) in [7, 11) is -3.22. The molecule has 3 rings (SSSR count). The van der Waals surface area contributed by atoms with Gasteiger partial charge in [0.1, 0.15) is 11.9 Å². The number of amides is 2. The van der Waals surface area contributed by atoms with Crippen LogP contribution < -0.4 is 21.7 Å². The second-order valence-corrected chi connectivity index (χ2v) is 13.2. The molecule has 0 aromatic heterocycles. The highest BCUT2D eigenvalue weighted by atomic mass is 32.2. The van der Waals surface area contributed by atoms with Gasteiger partial charge in [-0.2, -0.15) is 0 Å². The molecule has 1 aliphatic carbocycles.